The van der Waals surface area contributed by atoms with E-state index in [1.54, 1.807) is 16.8 Å². The van der Waals surface area contributed by atoms with Crippen LogP contribution in [0.15, 0.2) is 52.6 Å². The van der Waals surface area contributed by atoms with Crippen LogP contribution in [0.1, 0.15) is 0 Å². The molecule has 0 aliphatic carbocycles. The number of nitrogens with zero attached hydrogens (tertiary/aromatic N) is 5. The average Bonchev–Trinajstić information content (AvgIpc) is 2.86. The molecule has 8 heteroatoms. The third kappa shape index (κ3) is 2.73. The van der Waals surface area contributed by atoms with Crippen molar-refractivity contribution >= 4 is 29.1 Å². The Bertz CT molecular complexity index is 710. The molecule has 0 radical (unpaired) electrons. The number of halogens is 1. The first kappa shape index (κ1) is 12.9. The highest BCUT2D eigenvalue weighted by Crippen LogP contribution is 2.28. The standard InChI is InChI=1S/C12H9ClN6S/c13-10-6-8(14)7-11(15-10)20-12-16-17-18-19(12)9-4-2-1-3-5-9/h1-7H,(H2,14,15). The van der Waals surface area contributed by atoms with Gasteiger partial charge in [-0.2, -0.15) is 4.68 Å². The molecule has 1 aromatic carbocycles. The summed E-state index contributed by atoms with van der Waals surface area (Å²) < 4.78 is 1.63. The second-order valence-corrected chi connectivity index (χ2v) is 5.25. The van der Waals surface area contributed by atoms with Crippen molar-refractivity contribution in [2.24, 2.45) is 0 Å². The average molecular weight is 305 g/mol. The third-order valence-electron chi connectivity index (χ3n) is 2.43. The molecule has 20 heavy (non-hydrogen) atoms. The Morgan fingerprint density at radius 3 is 2.70 bits per heavy atom. The quantitative estimate of drug-likeness (QED) is 0.748. The minimum atomic E-state index is 0.339. The van der Waals surface area contributed by atoms with Gasteiger partial charge in [0.2, 0.25) is 5.16 Å². The lowest BCUT2D eigenvalue weighted by atomic mass is 10.3. The molecule has 100 valence electrons. The Kier molecular flexibility index (Phi) is 3.53. The van der Waals surface area contributed by atoms with E-state index < -0.39 is 0 Å². The van der Waals surface area contributed by atoms with E-state index in [1.165, 1.54) is 11.8 Å². The minimum Gasteiger partial charge on any atom is -0.399 e. The smallest absolute Gasteiger partial charge is 0.220 e. The van der Waals surface area contributed by atoms with Crippen LogP contribution in [0, 0.1) is 0 Å². The molecule has 0 saturated carbocycles. The molecule has 0 fully saturated rings. The van der Waals surface area contributed by atoms with Gasteiger partial charge < -0.3 is 5.73 Å². The van der Waals surface area contributed by atoms with Crippen LogP contribution in [0.4, 0.5) is 5.69 Å². The van der Waals surface area contributed by atoms with Gasteiger partial charge in [0.05, 0.1) is 5.69 Å². The van der Waals surface area contributed by atoms with E-state index in [-0.39, 0.29) is 0 Å². The molecule has 0 saturated heterocycles. The zero-order valence-electron chi connectivity index (χ0n) is 10.1. The van der Waals surface area contributed by atoms with Gasteiger partial charge in [0.15, 0.2) is 0 Å². The summed E-state index contributed by atoms with van der Waals surface area (Å²) in [6.07, 6.45) is 0. The topological polar surface area (TPSA) is 82.5 Å². The zero-order chi connectivity index (χ0) is 13.9. The fourth-order valence-electron chi connectivity index (χ4n) is 1.61. The summed E-state index contributed by atoms with van der Waals surface area (Å²) in [5.41, 5.74) is 7.16. The van der Waals surface area contributed by atoms with Crippen molar-refractivity contribution in [3.05, 3.63) is 47.6 Å². The number of anilines is 1. The number of aromatic nitrogens is 5. The van der Waals surface area contributed by atoms with E-state index in [4.69, 9.17) is 17.3 Å². The molecule has 0 spiro atoms. The molecule has 2 heterocycles. The number of tetrazole rings is 1. The molecule has 6 nitrogen and oxygen atoms in total. The molecule has 0 bridgehead atoms. The number of rotatable bonds is 3. The number of para-hydroxylation sites is 1. The van der Waals surface area contributed by atoms with Crippen LogP contribution in [0.25, 0.3) is 5.69 Å². The Hall–Kier alpha value is -2.12. The normalized spacial score (nSPS) is 10.7. The van der Waals surface area contributed by atoms with Crippen LogP contribution >= 0.6 is 23.4 Å². The molecule has 0 atom stereocenters. The maximum absolute atomic E-state index is 5.88. The minimum absolute atomic E-state index is 0.339. The molecule has 2 N–H and O–H groups in total. The maximum atomic E-state index is 5.88. The van der Waals surface area contributed by atoms with Crippen molar-refractivity contribution in [3.8, 4) is 5.69 Å². The van der Waals surface area contributed by atoms with E-state index in [0.29, 0.717) is 21.0 Å². The van der Waals surface area contributed by atoms with Crippen molar-refractivity contribution < 1.29 is 0 Å². The third-order valence-corrected chi connectivity index (χ3v) is 3.48. The van der Waals surface area contributed by atoms with Gasteiger partial charge >= 0.3 is 0 Å². The van der Waals surface area contributed by atoms with Gasteiger partial charge in [-0.1, -0.05) is 29.8 Å². The van der Waals surface area contributed by atoms with Crippen LogP contribution in [0.2, 0.25) is 5.15 Å². The van der Waals surface area contributed by atoms with Gasteiger partial charge in [-0.3, -0.25) is 0 Å². The van der Waals surface area contributed by atoms with Crippen molar-refractivity contribution in [2.75, 3.05) is 5.73 Å². The Morgan fingerprint density at radius 1 is 1.15 bits per heavy atom. The largest absolute Gasteiger partial charge is 0.399 e. The Morgan fingerprint density at radius 2 is 1.95 bits per heavy atom. The van der Waals surface area contributed by atoms with E-state index in [1.807, 2.05) is 30.3 Å². The monoisotopic (exact) mass is 304 g/mol. The number of nitrogens with two attached hydrogens (primary N) is 1. The van der Waals surface area contributed by atoms with Crippen LogP contribution in [-0.4, -0.2) is 25.2 Å². The van der Waals surface area contributed by atoms with Gasteiger partial charge in [0, 0.05) is 5.69 Å². The lowest BCUT2D eigenvalue weighted by Gasteiger charge is -2.04. The molecule has 0 amide bonds. The van der Waals surface area contributed by atoms with Gasteiger partial charge in [0.25, 0.3) is 0 Å². The first-order valence-electron chi connectivity index (χ1n) is 5.67. The van der Waals surface area contributed by atoms with E-state index in [9.17, 15) is 0 Å². The van der Waals surface area contributed by atoms with Crippen molar-refractivity contribution in [2.45, 2.75) is 10.2 Å². The van der Waals surface area contributed by atoms with Gasteiger partial charge in [-0.25, -0.2) is 4.98 Å². The number of pyridine rings is 1. The molecule has 3 rings (SSSR count). The highest BCUT2D eigenvalue weighted by molar-refractivity contribution is 7.99. The van der Waals surface area contributed by atoms with Gasteiger partial charge in [-0.15, -0.1) is 5.10 Å². The first-order valence-corrected chi connectivity index (χ1v) is 6.86. The summed E-state index contributed by atoms with van der Waals surface area (Å²) in [7, 11) is 0. The summed E-state index contributed by atoms with van der Waals surface area (Å²) in [4.78, 5) is 4.18. The van der Waals surface area contributed by atoms with E-state index in [0.717, 1.165) is 5.69 Å². The molecular weight excluding hydrogens is 296 g/mol. The second kappa shape index (κ2) is 5.48. The first-order chi connectivity index (χ1) is 9.72. The summed E-state index contributed by atoms with van der Waals surface area (Å²) in [5.74, 6) is 0. The van der Waals surface area contributed by atoms with Crippen molar-refractivity contribution in [1.29, 1.82) is 0 Å². The molecule has 0 aliphatic heterocycles. The van der Waals surface area contributed by atoms with Gasteiger partial charge in [-0.05, 0) is 46.5 Å². The molecular formula is C12H9ClN6S. The fourth-order valence-corrected chi connectivity index (χ4v) is 2.71. The van der Waals surface area contributed by atoms with Crippen molar-refractivity contribution in [3.63, 3.8) is 0 Å². The fraction of sp³-hybridized carbons (Fsp3) is 0. The van der Waals surface area contributed by atoms with Gasteiger partial charge in [0.1, 0.15) is 10.2 Å². The number of hydrogen-bond donors (Lipinski definition) is 1. The predicted octanol–water partition coefficient (Wildman–Crippen LogP) is 2.44. The summed E-state index contributed by atoms with van der Waals surface area (Å²) in [5, 5.41) is 13.2. The van der Waals surface area contributed by atoms with E-state index in [2.05, 4.69) is 20.5 Å². The summed E-state index contributed by atoms with van der Waals surface area (Å²) in [6.45, 7) is 0. The maximum Gasteiger partial charge on any atom is 0.220 e. The lowest BCUT2D eigenvalue weighted by Crippen LogP contribution is -1.98. The van der Waals surface area contributed by atoms with Crippen LogP contribution in [0.3, 0.4) is 0 Å². The van der Waals surface area contributed by atoms with Crippen LogP contribution in [-0.2, 0) is 0 Å². The second-order valence-electron chi connectivity index (χ2n) is 3.87. The highest BCUT2D eigenvalue weighted by Gasteiger charge is 2.11. The Labute approximate surface area is 124 Å². The zero-order valence-corrected chi connectivity index (χ0v) is 11.7. The number of hydrogen-bond acceptors (Lipinski definition) is 6. The Balaban J connectivity index is 1.94. The van der Waals surface area contributed by atoms with Crippen molar-refractivity contribution in [1.82, 2.24) is 25.2 Å². The molecule has 0 unspecified atom stereocenters. The lowest BCUT2D eigenvalue weighted by molar-refractivity contribution is 0.756. The molecule has 3 aromatic rings. The molecule has 2 aromatic heterocycles. The highest BCUT2D eigenvalue weighted by atomic mass is 35.5. The molecule has 0 aliphatic rings. The SMILES string of the molecule is Nc1cc(Cl)nc(Sc2nnnn2-c2ccccc2)c1. The summed E-state index contributed by atoms with van der Waals surface area (Å²) in [6, 6.07) is 12.9. The predicted molar refractivity (Wildman–Crippen MR) is 76.9 cm³/mol. The number of benzene rings is 1. The van der Waals surface area contributed by atoms with Crippen LogP contribution < -0.4 is 5.73 Å². The van der Waals surface area contributed by atoms with E-state index >= 15 is 0 Å². The number of nitrogen functional groups attached to an aromatic ring is 1. The van der Waals surface area contributed by atoms with Crippen LogP contribution in [0.5, 0.6) is 0 Å². The summed E-state index contributed by atoms with van der Waals surface area (Å²) >= 11 is 7.18.